The van der Waals surface area contributed by atoms with Crippen LogP contribution in [0, 0.1) is 0 Å². The fourth-order valence-corrected chi connectivity index (χ4v) is 1.85. The predicted molar refractivity (Wildman–Crippen MR) is 68.0 cm³/mol. The molecule has 0 aromatic carbocycles. The summed E-state index contributed by atoms with van der Waals surface area (Å²) in [6.45, 7) is 4.35. The quantitative estimate of drug-likeness (QED) is 0.835. The van der Waals surface area contributed by atoms with Gasteiger partial charge < -0.3 is 14.8 Å². The topological polar surface area (TPSA) is 58.3 Å². The highest BCUT2D eigenvalue weighted by atomic mass is 16.3. The Morgan fingerprint density at radius 2 is 2.29 bits per heavy atom. The lowest BCUT2D eigenvalue weighted by Crippen LogP contribution is -2.35. The summed E-state index contributed by atoms with van der Waals surface area (Å²) in [6, 6.07) is 3.75. The molecule has 0 bridgehead atoms. The average molecular weight is 234 g/mol. The van der Waals surface area contributed by atoms with Crippen LogP contribution < -0.4 is 5.32 Å². The van der Waals surface area contributed by atoms with Crippen molar-refractivity contribution < 1.29 is 9.52 Å². The van der Waals surface area contributed by atoms with Gasteiger partial charge in [0.1, 0.15) is 11.4 Å². The molecule has 4 nitrogen and oxygen atoms in total. The summed E-state index contributed by atoms with van der Waals surface area (Å²) in [5, 5.41) is 13.5. The van der Waals surface area contributed by atoms with E-state index >= 15 is 0 Å². The zero-order valence-electron chi connectivity index (χ0n) is 10.2. The molecule has 2 aromatic heterocycles. The number of furan rings is 1. The van der Waals surface area contributed by atoms with Crippen molar-refractivity contribution in [1.29, 1.82) is 0 Å². The molecule has 0 saturated heterocycles. The molecular formula is C13H18N2O2. The third-order valence-corrected chi connectivity index (χ3v) is 3.24. The summed E-state index contributed by atoms with van der Waals surface area (Å²) in [6.07, 6.45) is 5.00. The lowest BCUT2D eigenvalue weighted by Gasteiger charge is -2.29. The van der Waals surface area contributed by atoms with Crippen molar-refractivity contribution in [3.8, 4) is 0 Å². The van der Waals surface area contributed by atoms with E-state index in [0.29, 0.717) is 6.42 Å². The second kappa shape index (κ2) is 4.75. The Morgan fingerprint density at radius 3 is 3.00 bits per heavy atom. The van der Waals surface area contributed by atoms with Crippen LogP contribution in [0.3, 0.4) is 0 Å². The Morgan fingerprint density at radius 1 is 1.47 bits per heavy atom. The summed E-state index contributed by atoms with van der Waals surface area (Å²) in [5.74, 6) is 0.814. The van der Waals surface area contributed by atoms with Crippen molar-refractivity contribution >= 4 is 16.8 Å². The monoisotopic (exact) mass is 234 g/mol. The Balaban J connectivity index is 2.31. The van der Waals surface area contributed by atoms with E-state index < -0.39 is 0 Å². The number of hydrogen-bond donors (Lipinski definition) is 2. The molecule has 92 valence electrons. The highest BCUT2D eigenvalue weighted by Crippen LogP contribution is 2.27. The van der Waals surface area contributed by atoms with Gasteiger partial charge in [-0.2, -0.15) is 0 Å². The maximum Gasteiger partial charge on any atom is 0.139 e. The molecule has 17 heavy (non-hydrogen) atoms. The summed E-state index contributed by atoms with van der Waals surface area (Å²) >= 11 is 0. The molecule has 1 unspecified atom stereocenters. The molecule has 0 spiro atoms. The molecule has 2 rings (SSSR count). The molecule has 0 aliphatic rings. The van der Waals surface area contributed by atoms with E-state index in [1.807, 2.05) is 12.1 Å². The number of aliphatic hydroxyl groups is 1. The first-order valence-corrected chi connectivity index (χ1v) is 5.90. The summed E-state index contributed by atoms with van der Waals surface area (Å²) in [7, 11) is 0. The zero-order valence-corrected chi connectivity index (χ0v) is 10.2. The van der Waals surface area contributed by atoms with Crippen LogP contribution in [0.1, 0.15) is 26.7 Å². The highest BCUT2D eigenvalue weighted by Gasteiger charge is 2.22. The number of fused-ring (bicyclic) bond motifs is 1. The van der Waals surface area contributed by atoms with E-state index in [4.69, 9.17) is 9.52 Å². The van der Waals surface area contributed by atoms with Gasteiger partial charge in [-0.15, -0.1) is 0 Å². The molecule has 4 heteroatoms. The number of anilines is 1. The molecule has 2 aromatic rings. The first-order valence-electron chi connectivity index (χ1n) is 5.90. The van der Waals surface area contributed by atoms with Crippen LogP contribution in [0.2, 0.25) is 0 Å². The molecule has 0 fully saturated rings. The number of aliphatic hydroxyl groups excluding tert-OH is 1. The number of pyridine rings is 1. The van der Waals surface area contributed by atoms with Crippen LogP contribution in [0.5, 0.6) is 0 Å². The third-order valence-electron chi connectivity index (χ3n) is 3.24. The van der Waals surface area contributed by atoms with E-state index in [0.717, 1.165) is 23.2 Å². The summed E-state index contributed by atoms with van der Waals surface area (Å²) < 4.78 is 5.34. The van der Waals surface area contributed by atoms with Crippen LogP contribution in [-0.2, 0) is 0 Å². The van der Waals surface area contributed by atoms with Gasteiger partial charge in [0.05, 0.1) is 11.6 Å². The molecule has 0 aliphatic carbocycles. The molecule has 2 N–H and O–H groups in total. The SMILES string of the molecule is CCC(C)(CCO)Nc1nccc2occc12. The lowest BCUT2D eigenvalue weighted by molar-refractivity contribution is 0.252. The minimum Gasteiger partial charge on any atom is -0.464 e. The van der Waals surface area contributed by atoms with E-state index in [9.17, 15) is 0 Å². The second-order valence-corrected chi connectivity index (χ2v) is 4.50. The van der Waals surface area contributed by atoms with Crippen LogP contribution >= 0.6 is 0 Å². The van der Waals surface area contributed by atoms with Gasteiger partial charge in [0.25, 0.3) is 0 Å². The van der Waals surface area contributed by atoms with E-state index in [1.165, 1.54) is 0 Å². The van der Waals surface area contributed by atoms with Gasteiger partial charge in [0.2, 0.25) is 0 Å². The first kappa shape index (κ1) is 11.9. The van der Waals surface area contributed by atoms with Gasteiger partial charge in [-0.1, -0.05) is 6.92 Å². The Hall–Kier alpha value is -1.55. The van der Waals surface area contributed by atoms with Crippen molar-refractivity contribution in [2.75, 3.05) is 11.9 Å². The molecule has 1 atom stereocenters. The van der Waals surface area contributed by atoms with E-state index in [2.05, 4.69) is 24.1 Å². The van der Waals surface area contributed by atoms with Crippen molar-refractivity contribution in [1.82, 2.24) is 4.98 Å². The molecule has 2 heterocycles. The van der Waals surface area contributed by atoms with Crippen molar-refractivity contribution in [3.63, 3.8) is 0 Å². The molecule has 0 amide bonds. The number of aromatic nitrogens is 1. The average Bonchev–Trinajstić information content (AvgIpc) is 2.78. The van der Waals surface area contributed by atoms with Gasteiger partial charge in [0.15, 0.2) is 0 Å². The van der Waals surface area contributed by atoms with Crippen molar-refractivity contribution in [2.45, 2.75) is 32.2 Å². The van der Waals surface area contributed by atoms with E-state index in [1.54, 1.807) is 12.5 Å². The van der Waals surface area contributed by atoms with Crippen LogP contribution in [0.25, 0.3) is 11.0 Å². The normalized spacial score (nSPS) is 14.8. The number of nitrogens with zero attached hydrogens (tertiary/aromatic N) is 1. The predicted octanol–water partition coefficient (Wildman–Crippen LogP) is 2.79. The molecular weight excluding hydrogens is 216 g/mol. The summed E-state index contributed by atoms with van der Waals surface area (Å²) in [5.41, 5.74) is 0.678. The minimum absolute atomic E-state index is 0.146. The molecule has 0 aliphatic heterocycles. The minimum atomic E-state index is -0.146. The van der Waals surface area contributed by atoms with Gasteiger partial charge in [-0.05, 0) is 31.9 Å². The molecule has 0 radical (unpaired) electrons. The van der Waals surface area contributed by atoms with Crippen molar-refractivity contribution in [3.05, 3.63) is 24.6 Å². The Kier molecular flexibility index (Phi) is 3.33. The Bertz CT molecular complexity index is 495. The second-order valence-electron chi connectivity index (χ2n) is 4.50. The zero-order chi connectivity index (χ0) is 12.3. The fourth-order valence-electron chi connectivity index (χ4n) is 1.85. The smallest absolute Gasteiger partial charge is 0.139 e. The standard InChI is InChI=1S/C13H18N2O2/c1-3-13(2,6-8-16)15-12-10-5-9-17-11(10)4-7-14-12/h4-5,7,9,16H,3,6,8H2,1-2H3,(H,14,15). The number of hydrogen-bond acceptors (Lipinski definition) is 4. The number of nitrogens with one attached hydrogen (secondary N) is 1. The fraction of sp³-hybridized carbons (Fsp3) is 0.462. The third kappa shape index (κ3) is 2.42. The van der Waals surface area contributed by atoms with Gasteiger partial charge in [-0.3, -0.25) is 0 Å². The molecule has 0 saturated carbocycles. The highest BCUT2D eigenvalue weighted by molar-refractivity contribution is 5.88. The number of rotatable bonds is 5. The first-order chi connectivity index (χ1) is 8.18. The van der Waals surface area contributed by atoms with Crippen LogP contribution in [0.15, 0.2) is 29.0 Å². The van der Waals surface area contributed by atoms with Gasteiger partial charge in [0, 0.05) is 18.3 Å². The van der Waals surface area contributed by atoms with Crippen molar-refractivity contribution in [2.24, 2.45) is 0 Å². The largest absolute Gasteiger partial charge is 0.464 e. The van der Waals surface area contributed by atoms with Crippen LogP contribution in [-0.4, -0.2) is 22.2 Å². The van der Waals surface area contributed by atoms with E-state index in [-0.39, 0.29) is 12.1 Å². The summed E-state index contributed by atoms with van der Waals surface area (Å²) in [4.78, 5) is 4.34. The lowest BCUT2D eigenvalue weighted by atomic mass is 9.95. The van der Waals surface area contributed by atoms with Crippen LogP contribution in [0.4, 0.5) is 5.82 Å². The Labute approximate surface area is 101 Å². The van der Waals surface area contributed by atoms with Gasteiger partial charge in [-0.25, -0.2) is 4.98 Å². The maximum atomic E-state index is 9.11. The maximum absolute atomic E-state index is 9.11. The van der Waals surface area contributed by atoms with Gasteiger partial charge >= 0.3 is 0 Å².